The zero-order valence-electron chi connectivity index (χ0n) is 11.1. The normalized spacial score (nSPS) is 52.3. The zero-order valence-corrected chi connectivity index (χ0v) is 11.1. The van der Waals surface area contributed by atoms with Gasteiger partial charge in [-0.05, 0) is 25.9 Å². The molecule has 0 spiro atoms. The van der Waals surface area contributed by atoms with Crippen molar-refractivity contribution in [2.75, 3.05) is 19.7 Å². The van der Waals surface area contributed by atoms with E-state index in [1.54, 1.807) is 0 Å². The number of hydrogen-bond donors (Lipinski definition) is 4. The van der Waals surface area contributed by atoms with Crippen molar-refractivity contribution in [3.63, 3.8) is 0 Å². The summed E-state index contributed by atoms with van der Waals surface area (Å²) < 4.78 is 5.52. The van der Waals surface area contributed by atoms with Crippen molar-refractivity contribution in [3.05, 3.63) is 0 Å². The molecule has 0 saturated carbocycles. The number of carbonyl (C=O) groups excluding carboxylic acids is 1. The number of carbonyl (C=O) groups is 1. The quantitative estimate of drug-likeness (QED) is 0.444. The van der Waals surface area contributed by atoms with Gasteiger partial charge in [0.05, 0.1) is 12.6 Å². The first-order valence-corrected chi connectivity index (χ1v) is 7.13. The Bertz CT molecular complexity index is 381. The fraction of sp³-hybridized carbons (Fsp3) is 0.923. The molecular weight excluding hydrogens is 266 g/mol. The highest BCUT2D eigenvalue weighted by atomic mass is 16.5. The van der Waals surface area contributed by atoms with Gasteiger partial charge in [-0.1, -0.05) is 0 Å². The number of aliphatic hydroxyl groups excluding tert-OH is 4. The van der Waals surface area contributed by atoms with E-state index in [0.717, 1.165) is 25.9 Å². The van der Waals surface area contributed by atoms with Crippen molar-refractivity contribution < 1.29 is 30.0 Å². The Morgan fingerprint density at radius 3 is 2.30 bits per heavy atom. The van der Waals surface area contributed by atoms with Crippen LogP contribution in [0.15, 0.2) is 0 Å². The predicted molar refractivity (Wildman–Crippen MR) is 66.9 cm³/mol. The monoisotopic (exact) mass is 287 g/mol. The Balaban J connectivity index is 1.83. The first kappa shape index (κ1) is 14.4. The number of rotatable bonds is 2. The number of hydrogen-bond acceptors (Lipinski definition) is 7. The second-order valence-corrected chi connectivity index (χ2v) is 5.95. The van der Waals surface area contributed by atoms with Gasteiger partial charge in [0.1, 0.15) is 30.5 Å². The molecule has 4 N–H and O–H groups in total. The standard InChI is InChI=1S/C13H21NO6/c15-5-7-10(17)11(18)12(19)13(20-7)8-9(16)6-1-3-14(8)4-2-6/h6-8,10-13,15,17-19H,1-5H2/t7-,8-,10-,11+,12+,13-/m1/s1. The molecule has 0 amide bonds. The maximum Gasteiger partial charge on any atom is 0.155 e. The van der Waals surface area contributed by atoms with Crippen LogP contribution in [0.25, 0.3) is 0 Å². The Labute approximate surface area is 116 Å². The van der Waals surface area contributed by atoms with Crippen LogP contribution >= 0.6 is 0 Å². The Kier molecular flexibility index (Phi) is 3.83. The summed E-state index contributed by atoms with van der Waals surface area (Å²) in [5.74, 6) is 0.0317. The Morgan fingerprint density at radius 2 is 1.75 bits per heavy atom. The third-order valence-electron chi connectivity index (χ3n) is 4.86. The van der Waals surface area contributed by atoms with E-state index in [9.17, 15) is 25.2 Å². The summed E-state index contributed by atoms with van der Waals surface area (Å²) in [6.07, 6.45) is -4.33. The number of Topliss-reactive ketones (excluding diaryl/α,β-unsaturated/α-hetero) is 1. The van der Waals surface area contributed by atoms with Crippen molar-refractivity contribution >= 4 is 5.78 Å². The number of ketones is 1. The summed E-state index contributed by atoms with van der Waals surface area (Å²) in [6, 6.07) is -0.589. The van der Waals surface area contributed by atoms with Gasteiger partial charge >= 0.3 is 0 Å². The molecule has 0 aliphatic carbocycles. The third kappa shape index (κ3) is 2.09. The lowest BCUT2D eigenvalue weighted by molar-refractivity contribution is -0.245. The minimum atomic E-state index is -1.42. The van der Waals surface area contributed by atoms with Crippen LogP contribution in [0.4, 0.5) is 0 Å². The predicted octanol–water partition coefficient (Wildman–Crippen LogP) is -2.51. The molecule has 7 heteroatoms. The minimum Gasteiger partial charge on any atom is -0.394 e. The van der Waals surface area contributed by atoms with Crippen molar-refractivity contribution in [2.24, 2.45) is 5.92 Å². The zero-order chi connectivity index (χ0) is 14.4. The first-order chi connectivity index (χ1) is 9.54. The van der Waals surface area contributed by atoms with E-state index in [0.29, 0.717) is 0 Å². The lowest BCUT2D eigenvalue weighted by Crippen LogP contribution is -2.69. The van der Waals surface area contributed by atoms with Crippen LogP contribution in [0.5, 0.6) is 0 Å². The van der Waals surface area contributed by atoms with Gasteiger partial charge in [-0.2, -0.15) is 0 Å². The van der Waals surface area contributed by atoms with E-state index in [-0.39, 0.29) is 11.7 Å². The molecule has 0 aromatic heterocycles. The number of ether oxygens (including phenoxy) is 1. The molecule has 0 aromatic carbocycles. The average Bonchev–Trinajstić information content (AvgIpc) is 2.47. The number of fused-ring (bicyclic) bond motifs is 3. The Morgan fingerprint density at radius 1 is 1.10 bits per heavy atom. The molecule has 0 radical (unpaired) electrons. The van der Waals surface area contributed by atoms with E-state index >= 15 is 0 Å². The van der Waals surface area contributed by atoms with Crippen LogP contribution in [0.1, 0.15) is 12.8 Å². The van der Waals surface area contributed by atoms with Crippen LogP contribution in [0, 0.1) is 5.92 Å². The molecule has 6 atom stereocenters. The van der Waals surface area contributed by atoms with Gasteiger partial charge in [-0.3, -0.25) is 9.69 Å². The second-order valence-electron chi connectivity index (χ2n) is 5.95. The molecule has 4 aliphatic heterocycles. The fourth-order valence-electron chi connectivity index (χ4n) is 3.64. The molecule has 4 heterocycles. The number of aliphatic hydroxyl groups is 4. The molecular formula is C13H21NO6. The molecule has 4 fully saturated rings. The lowest BCUT2D eigenvalue weighted by Gasteiger charge is -2.50. The lowest BCUT2D eigenvalue weighted by atomic mass is 9.77. The van der Waals surface area contributed by atoms with E-state index in [1.165, 1.54) is 0 Å². The maximum atomic E-state index is 12.4. The SMILES string of the molecule is O=C1C2CCN(CC2)[C@H]1[C@H]1O[C@H](CO)[C@@H](O)[C@H](O)[C@@H]1O. The van der Waals surface area contributed by atoms with E-state index < -0.39 is 43.2 Å². The molecule has 0 unspecified atom stereocenters. The third-order valence-corrected chi connectivity index (χ3v) is 4.86. The van der Waals surface area contributed by atoms with Gasteiger partial charge in [0.2, 0.25) is 0 Å². The maximum absolute atomic E-state index is 12.4. The second kappa shape index (κ2) is 5.32. The topological polar surface area (TPSA) is 110 Å². The molecule has 4 rings (SSSR count). The first-order valence-electron chi connectivity index (χ1n) is 7.13. The molecule has 4 saturated heterocycles. The van der Waals surface area contributed by atoms with Crippen LogP contribution in [0.2, 0.25) is 0 Å². The van der Waals surface area contributed by atoms with E-state index in [1.807, 2.05) is 4.90 Å². The molecule has 7 nitrogen and oxygen atoms in total. The molecule has 2 bridgehead atoms. The van der Waals surface area contributed by atoms with Crippen molar-refractivity contribution in [3.8, 4) is 0 Å². The molecule has 0 aromatic rings. The van der Waals surface area contributed by atoms with E-state index in [4.69, 9.17) is 4.74 Å². The van der Waals surface area contributed by atoms with Crippen LogP contribution in [0.3, 0.4) is 0 Å². The summed E-state index contributed by atoms with van der Waals surface area (Å²) in [5.41, 5.74) is 0. The van der Waals surface area contributed by atoms with Gasteiger partial charge in [-0.25, -0.2) is 0 Å². The highest BCUT2D eigenvalue weighted by Gasteiger charge is 2.53. The molecule has 20 heavy (non-hydrogen) atoms. The van der Waals surface area contributed by atoms with Crippen molar-refractivity contribution in [1.29, 1.82) is 0 Å². The van der Waals surface area contributed by atoms with Gasteiger partial charge < -0.3 is 25.2 Å². The summed E-state index contributed by atoms with van der Waals surface area (Å²) >= 11 is 0. The van der Waals surface area contributed by atoms with Crippen molar-refractivity contribution in [1.82, 2.24) is 4.90 Å². The van der Waals surface area contributed by atoms with Gasteiger partial charge in [0.15, 0.2) is 5.78 Å². The van der Waals surface area contributed by atoms with Crippen LogP contribution in [-0.2, 0) is 9.53 Å². The summed E-state index contributed by atoms with van der Waals surface area (Å²) in [4.78, 5) is 14.3. The summed E-state index contributed by atoms with van der Waals surface area (Å²) in [6.45, 7) is 1.08. The van der Waals surface area contributed by atoms with Gasteiger partial charge in [0, 0.05) is 5.92 Å². The Hall–Kier alpha value is -0.570. The fourth-order valence-corrected chi connectivity index (χ4v) is 3.64. The smallest absolute Gasteiger partial charge is 0.155 e. The molecule has 4 aliphatic rings. The summed E-state index contributed by atoms with van der Waals surface area (Å²) in [5, 5.41) is 38.9. The number of piperidine rings is 3. The number of nitrogens with zero attached hydrogens (tertiary/aromatic N) is 1. The van der Waals surface area contributed by atoms with Crippen LogP contribution in [-0.4, -0.2) is 87.4 Å². The average molecular weight is 287 g/mol. The molecule has 114 valence electrons. The highest BCUT2D eigenvalue weighted by Crippen LogP contribution is 2.35. The van der Waals surface area contributed by atoms with Gasteiger partial charge in [-0.15, -0.1) is 0 Å². The summed E-state index contributed by atoms with van der Waals surface area (Å²) in [7, 11) is 0. The highest BCUT2D eigenvalue weighted by molar-refractivity contribution is 5.88. The van der Waals surface area contributed by atoms with E-state index in [2.05, 4.69) is 0 Å². The van der Waals surface area contributed by atoms with Crippen LogP contribution < -0.4 is 0 Å². The largest absolute Gasteiger partial charge is 0.394 e. The minimum absolute atomic E-state index is 0.00244. The van der Waals surface area contributed by atoms with Gasteiger partial charge in [0.25, 0.3) is 0 Å². The van der Waals surface area contributed by atoms with Crippen molar-refractivity contribution in [2.45, 2.75) is 49.4 Å².